The summed E-state index contributed by atoms with van der Waals surface area (Å²) in [5.41, 5.74) is 2.61. The third kappa shape index (κ3) is 6.15. The second kappa shape index (κ2) is 10.6. The number of aromatic hydroxyl groups is 1. The van der Waals surface area contributed by atoms with Crippen LogP contribution in [0.25, 0.3) is 0 Å². The van der Waals surface area contributed by atoms with Crippen molar-refractivity contribution in [3.8, 4) is 11.5 Å². The lowest BCUT2D eigenvalue weighted by molar-refractivity contribution is 0.0732. The van der Waals surface area contributed by atoms with E-state index >= 15 is 0 Å². The summed E-state index contributed by atoms with van der Waals surface area (Å²) in [6.07, 6.45) is 5.17. The maximum atomic E-state index is 13.6. The number of ether oxygens (including phenoxy) is 1. The second-order valence-electron chi connectivity index (χ2n) is 10.9. The van der Waals surface area contributed by atoms with E-state index in [-0.39, 0.29) is 22.7 Å². The summed E-state index contributed by atoms with van der Waals surface area (Å²) in [7, 11) is 0. The number of esters is 1. The number of carbonyl (C=O) groups excluding carboxylic acids is 1. The van der Waals surface area contributed by atoms with Gasteiger partial charge >= 0.3 is 5.97 Å². The molecule has 32 heavy (non-hydrogen) atoms. The zero-order valence-electron chi connectivity index (χ0n) is 21.3. The summed E-state index contributed by atoms with van der Waals surface area (Å²) >= 11 is 0. The first-order valence-electron chi connectivity index (χ1n) is 12.1. The van der Waals surface area contributed by atoms with Gasteiger partial charge < -0.3 is 9.84 Å². The third-order valence-electron chi connectivity index (χ3n) is 6.02. The summed E-state index contributed by atoms with van der Waals surface area (Å²) in [6.45, 7) is 16.9. The van der Waals surface area contributed by atoms with Crippen LogP contribution < -0.4 is 4.74 Å². The number of carbonyl (C=O) groups is 1. The summed E-state index contributed by atoms with van der Waals surface area (Å²) < 4.78 is 5.83. The van der Waals surface area contributed by atoms with Crippen molar-refractivity contribution in [2.24, 2.45) is 0 Å². The number of benzene rings is 2. The van der Waals surface area contributed by atoms with Crippen molar-refractivity contribution in [2.75, 3.05) is 0 Å². The number of hydrogen-bond donors (Lipinski definition) is 1. The van der Waals surface area contributed by atoms with E-state index in [1.54, 1.807) is 12.1 Å². The molecule has 0 amide bonds. The first kappa shape index (κ1) is 26.0. The molecule has 1 N–H and O–H groups in total. The molecule has 0 radical (unpaired) electrons. The monoisotopic (exact) mass is 438 g/mol. The molecule has 0 aliphatic rings. The molecule has 1 unspecified atom stereocenters. The zero-order chi connectivity index (χ0) is 24.1. The lowest BCUT2D eigenvalue weighted by Gasteiger charge is -2.34. The Balaban J connectivity index is 2.83. The molecule has 0 aliphatic carbocycles. The van der Waals surface area contributed by atoms with Crippen molar-refractivity contribution in [3.05, 3.63) is 58.7 Å². The number of rotatable bonds is 8. The lowest BCUT2D eigenvalue weighted by Crippen LogP contribution is -2.25. The van der Waals surface area contributed by atoms with Crippen LogP contribution in [0.15, 0.2) is 36.4 Å². The Kier molecular flexibility index (Phi) is 8.56. The fraction of sp³-hybridized carbons (Fsp3) is 0.552. The van der Waals surface area contributed by atoms with Gasteiger partial charge in [0, 0.05) is 11.1 Å². The van der Waals surface area contributed by atoms with Crippen molar-refractivity contribution in [1.29, 1.82) is 0 Å². The average molecular weight is 439 g/mol. The molecule has 176 valence electrons. The molecule has 3 nitrogen and oxygen atoms in total. The Morgan fingerprint density at radius 2 is 1.56 bits per heavy atom. The molecular weight excluding hydrogens is 396 g/mol. The van der Waals surface area contributed by atoms with Gasteiger partial charge in [0.15, 0.2) is 0 Å². The minimum atomic E-state index is -0.347. The van der Waals surface area contributed by atoms with E-state index in [9.17, 15) is 9.90 Å². The predicted molar refractivity (Wildman–Crippen MR) is 134 cm³/mol. The quantitative estimate of drug-likeness (QED) is 0.333. The van der Waals surface area contributed by atoms with E-state index in [2.05, 4.69) is 55.4 Å². The Bertz CT molecular complexity index is 899. The molecule has 1 atom stereocenters. The summed E-state index contributed by atoms with van der Waals surface area (Å²) in [4.78, 5) is 13.6. The van der Waals surface area contributed by atoms with Gasteiger partial charge in [0.05, 0.1) is 5.56 Å². The zero-order valence-corrected chi connectivity index (χ0v) is 21.3. The number of phenols is 1. The van der Waals surface area contributed by atoms with E-state index in [0.717, 1.165) is 48.8 Å². The highest BCUT2D eigenvalue weighted by molar-refractivity contribution is 5.94. The predicted octanol–water partition coefficient (Wildman–Crippen LogP) is 8.28. The van der Waals surface area contributed by atoms with Gasteiger partial charge in [-0.25, -0.2) is 4.79 Å². The summed E-state index contributed by atoms with van der Waals surface area (Å²) in [5.74, 6) is 0.716. The number of hydrogen-bond acceptors (Lipinski definition) is 3. The molecule has 2 rings (SSSR count). The molecule has 0 saturated carbocycles. The van der Waals surface area contributed by atoms with Gasteiger partial charge in [-0.05, 0) is 53.4 Å². The van der Waals surface area contributed by atoms with Crippen molar-refractivity contribution < 1.29 is 14.6 Å². The molecule has 2 aromatic carbocycles. The molecular formula is C29H42O3. The first-order valence-corrected chi connectivity index (χ1v) is 12.1. The second-order valence-corrected chi connectivity index (χ2v) is 10.9. The van der Waals surface area contributed by atoms with E-state index in [0.29, 0.717) is 17.1 Å². The van der Waals surface area contributed by atoms with Crippen LogP contribution >= 0.6 is 0 Å². The Hall–Kier alpha value is -2.29. The fourth-order valence-corrected chi connectivity index (χ4v) is 4.49. The van der Waals surface area contributed by atoms with Crippen LogP contribution in [0.4, 0.5) is 0 Å². The van der Waals surface area contributed by atoms with Gasteiger partial charge in [-0.1, -0.05) is 92.9 Å². The molecule has 0 spiro atoms. The highest BCUT2D eigenvalue weighted by Crippen LogP contribution is 2.47. The minimum Gasteiger partial charge on any atom is -0.507 e. The van der Waals surface area contributed by atoms with E-state index in [1.807, 2.05) is 24.3 Å². The molecule has 0 bridgehead atoms. The van der Waals surface area contributed by atoms with Crippen LogP contribution in [0, 0.1) is 0 Å². The van der Waals surface area contributed by atoms with Gasteiger partial charge in [0.2, 0.25) is 0 Å². The highest BCUT2D eigenvalue weighted by Gasteiger charge is 2.35. The molecule has 3 heteroatoms. The van der Waals surface area contributed by atoms with Crippen LogP contribution in [0.3, 0.4) is 0 Å². The summed E-state index contributed by atoms with van der Waals surface area (Å²) in [6, 6.07) is 11.1. The van der Waals surface area contributed by atoms with E-state index in [1.165, 1.54) is 0 Å². The Morgan fingerprint density at radius 3 is 2.06 bits per heavy atom. The normalized spacial score (nSPS) is 13.1. The van der Waals surface area contributed by atoms with Crippen molar-refractivity contribution in [1.82, 2.24) is 0 Å². The SMILES string of the molecule is CCCCC(CCC)c1c(C(=O)Oc2ccccc2)cc(C(C)(C)C)c(O)c1C(C)(C)C. The third-order valence-corrected chi connectivity index (χ3v) is 6.02. The number of phenolic OH excluding ortho intramolecular Hbond substituents is 1. The highest BCUT2D eigenvalue weighted by atomic mass is 16.5. The molecule has 0 saturated heterocycles. The van der Waals surface area contributed by atoms with Gasteiger partial charge in [0.1, 0.15) is 11.5 Å². The number of para-hydroxylation sites is 1. The molecule has 0 heterocycles. The van der Waals surface area contributed by atoms with Crippen LogP contribution in [0.2, 0.25) is 0 Å². The van der Waals surface area contributed by atoms with Gasteiger partial charge in [0.25, 0.3) is 0 Å². The molecule has 0 aromatic heterocycles. The van der Waals surface area contributed by atoms with Crippen LogP contribution in [0.5, 0.6) is 11.5 Å². The molecule has 0 fully saturated rings. The van der Waals surface area contributed by atoms with Crippen LogP contribution in [-0.4, -0.2) is 11.1 Å². The van der Waals surface area contributed by atoms with Gasteiger partial charge in [-0.2, -0.15) is 0 Å². The Morgan fingerprint density at radius 1 is 0.938 bits per heavy atom. The van der Waals surface area contributed by atoms with Crippen molar-refractivity contribution >= 4 is 5.97 Å². The maximum absolute atomic E-state index is 13.6. The fourth-order valence-electron chi connectivity index (χ4n) is 4.49. The molecule has 2 aromatic rings. The smallest absolute Gasteiger partial charge is 0.343 e. The minimum absolute atomic E-state index is 0.201. The molecule has 0 aliphatic heterocycles. The first-order chi connectivity index (χ1) is 14.9. The van der Waals surface area contributed by atoms with E-state index < -0.39 is 0 Å². The van der Waals surface area contributed by atoms with Gasteiger partial charge in [-0.15, -0.1) is 0 Å². The van der Waals surface area contributed by atoms with E-state index in [4.69, 9.17) is 4.74 Å². The van der Waals surface area contributed by atoms with Crippen molar-refractivity contribution in [2.45, 2.75) is 104 Å². The van der Waals surface area contributed by atoms with Crippen LogP contribution in [0.1, 0.15) is 120 Å². The Labute approximate surface area is 195 Å². The summed E-state index contributed by atoms with van der Waals surface area (Å²) in [5, 5.41) is 11.5. The van der Waals surface area contributed by atoms with Gasteiger partial charge in [-0.3, -0.25) is 0 Å². The average Bonchev–Trinajstić information content (AvgIpc) is 2.69. The lowest BCUT2D eigenvalue weighted by atomic mass is 9.71. The standard InChI is InChI=1S/C29H42O3/c1-9-11-16-20(15-10-2)24-22(27(31)32-21-17-13-12-14-18-21)19-23(28(3,4)5)26(30)25(24)29(6,7)8/h12-14,17-20,30H,9-11,15-16H2,1-8H3. The topological polar surface area (TPSA) is 46.5 Å². The van der Waals surface area contributed by atoms with Crippen LogP contribution in [-0.2, 0) is 10.8 Å². The van der Waals surface area contributed by atoms with Crippen molar-refractivity contribution in [3.63, 3.8) is 0 Å². The largest absolute Gasteiger partial charge is 0.507 e. The number of unbranched alkanes of at least 4 members (excludes halogenated alkanes) is 1. The maximum Gasteiger partial charge on any atom is 0.343 e.